The SMILES string of the molecule is CC(c1ccc(-c2nccn2C2CCN(c3ncccn3)CC2)cc1)N(C)C. The predicted octanol–water partition coefficient (Wildman–Crippen LogP) is 3.80. The molecule has 6 nitrogen and oxygen atoms in total. The van der Waals surface area contributed by atoms with E-state index in [0.717, 1.165) is 37.7 Å². The maximum Gasteiger partial charge on any atom is 0.225 e. The van der Waals surface area contributed by atoms with Crippen LogP contribution in [0.15, 0.2) is 55.1 Å². The lowest BCUT2D eigenvalue weighted by Crippen LogP contribution is -2.35. The molecule has 3 heterocycles. The maximum atomic E-state index is 4.66. The number of rotatable bonds is 5. The van der Waals surface area contributed by atoms with Crippen LogP contribution in [0.4, 0.5) is 5.95 Å². The van der Waals surface area contributed by atoms with Crippen LogP contribution in [0.1, 0.15) is 37.4 Å². The fourth-order valence-electron chi connectivity index (χ4n) is 3.84. The van der Waals surface area contributed by atoms with Crippen LogP contribution in [0, 0.1) is 0 Å². The Morgan fingerprint density at radius 1 is 0.964 bits per heavy atom. The van der Waals surface area contributed by atoms with E-state index in [1.54, 1.807) is 0 Å². The molecule has 3 aromatic rings. The van der Waals surface area contributed by atoms with Crippen LogP contribution < -0.4 is 4.90 Å². The Hall–Kier alpha value is -2.73. The lowest BCUT2D eigenvalue weighted by atomic mass is 10.0. The van der Waals surface area contributed by atoms with Crippen LogP contribution in [0.2, 0.25) is 0 Å². The van der Waals surface area contributed by atoms with Gasteiger partial charge in [-0.1, -0.05) is 24.3 Å². The van der Waals surface area contributed by atoms with Crippen LogP contribution in [0.5, 0.6) is 0 Å². The number of imidazole rings is 1. The van der Waals surface area contributed by atoms with Gasteiger partial charge < -0.3 is 14.4 Å². The number of anilines is 1. The van der Waals surface area contributed by atoms with Crippen LogP contribution in [-0.4, -0.2) is 51.6 Å². The number of piperidine rings is 1. The van der Waals surface area contributed by atoms with Crippen LogP contribution >= 0.6 is 0 Å². The van der Waals surface area contributed by atoms with Gasteiger partial charge in [0.2, 0.25) is 5.95 Å². The smallest absolute Gasteiger partial charge is 0.225 e. The highest BCUT2D eigenvalue weighted by Crippen LogP contribution is 2.30. The van der Waals surface area contributed by atoms with Gasteiger partial charge in [0.15, 0.2) is 0 Å². The lowest BCUT2D eigenvalue weighted by molar-refractivity contribution is 0.321. The normalized spacial score (nSPS) is 16.5. The first kappa shape index (κ1) is 18.6. The predicted molar refractivity (Wildman–Crippen MR) is 112 cm³/mol. The number of hydrogen-bond acceptors (Lipinski definition) is 5. The number of nitrogens with zero attached hydrogens (tertiary/aromatic N) is 6. The second-order valence-electron chi connectivity index (χ2n) is 7.69. The molecule has 0 spiro atoms. The number of benzene rings is 1. The number of aromatic nitrogens is 4. The highest BCUT2D eigenvalue weighted by Gasteiger charge is 2.24. The van der Waals surface area contributed by atoms with Crippen molar-refractivity contribution in [3.8, 4) is 11.4 Å². The van der Waals surface area contributed by atoms with Gasteiger partial charge in [-0.25, -0.2) is 15.0 Å². The molecule has 1 fully saturated rings. The van der Waals surface area contributed by atoms with Gasteiger partial charge in [0, 0.05) is 55.5 Å². The van der Waals surface area contributed by atoms with E-state index >= 15 is 0 Å². The summed E-state index contributed by atoms with van der Waals surface area (Å²) >= 11 is 0. The zero-order chi connectivity index (χ0) is 19.5. The van der Waals surface area contributed by atoms with Gasteiger partial charge in [-0.3, -0.25) is 0 Å². The third-order valence-electron chi connectivity index (χ3n) is 5.79. The molecule has 1 aliphatic rings. The van der Waals surface area contributed by atoms with Crippen LogP contribution in [0.3, 0.4) is 0 Å². The second kappa shape index (κ2) is 8.10. The van der Waals surface area contributed by atoms with Gasteiger partial charge in [0.1, 0.15) is 5.82 Å². The molecule has 1 atom stereocenters. The van der Waals surface area contributed by atoms with E-state index in [1.165, 1.54) is 11.1 Å². The Bertz CT molecular complexity index is 879. The first-order valence-corrected chi connectivity index (χ1v) is 9.95. The summed E-state index contributed by atoms with van der Waals surface area (Å²) in [5, 5.41) is 0. The Morgan fingerprint density at radius 3 is 2.29 bits per heavy atom. The molecule has 2 aromatic heterocycles. The maximum absolute atomic E-state index is 4.66. The molecule has 0 radical (unpaired) electrons. The highest BCUT2D eigenvalue weighted by molar-refractivity contribution is 5.56. The summed E-state index contributed by atoms with van der Waals surface area (Å²) in [4.78, 5) is 17.9. The molecule has 0 bridgehead atoms. The average molecular weight is 377 g/mol. The summed E-state index contributed by atoms with van der Waals surface area (Å²) in [7, 11) is 4.22. The summed E-state index contributed by atoms with van der Waals surface area (Å²) in [5.74, 6) is 1.89. The van der Waals surface area contributed by atoms with Gasteiger partial charge in [0.25, 0.3) is 0 Å². The van der Waals surface area contributed by atoms with Crippen molar-refractivity contribution in [2.45, 2.75) is 31.8 Å². The van der Waals surface area contributed by atoms with Crippen molar-refractivity contribution in [1.29, 1.82) is 0 Å². The van der Waals surface area contributed by atoms with Crippen molar-refractivity contribution in [1.82, 2.24) is 24.4 Å². The second-order valence-corrected chi connectivity index (χ2v) is 7.69. The van der Waals surface area contributed by atoms with E-state index in [4.69, 9.17) is 0 Å². The molecule has 146 valence electrons. The molecule has 28 heavy (non-hydrogen) atoms. The molecule has 0 saturated carbocycles. The lowest BCUT2D eigenvalue weighted by Gasteiger charge is -2.33. The summed E-state index contributed by atoms with van der Waals surface area (Å²) in [6.45, 7) is 4.15. The summed E-state index contributed by atoms with van der Waals surface area (Å²) in [6, 6.07) is 11.5. The van der Waals surface area contributed by atoms with Crippen molar-refractivity contribution in [3.05, 3.63) is 60.7 Å². The quantitative estimate of drug-likeness (QED) is 0.678. The molecule has 0 N–H and O–H groups in total. The molecule has 4 rings (SSSR count). The van der Waals surface area contributed by atoms with Gasteiger partial charge in [-0.15, -0.1) is 0 Å². The Balaban J connectivity index is 1.48. The molecule has 0 amide bonds. The zero-order valence-electron chi connectivity index (χ0n) is 16.9. The van der Waals surface area contributed by atoms with Crippen LogP contribution in [0.25, 0.3) is 11.4 Å². The Kier molecular flexibility index (Phi) is 5.39. The third-order valence-corrected chi connectivity index (χ3v) is 5.79. The zero-order valence-corrected chi connectivity index (χ0v) is 16.9. The summed E-state index contributed by atoms with van der Waals surface area (Å²) < 4.78 is 2.34. The van der Waals surface area contributed by atoms with Crippen molar-refractivity contribution < 1.29 is 0 Å². The number of hydrogen-bond donors (Lipinski definition) is 0. The molecular formula is C22H28N6. The Morgan fingerprint density at radius 2 is 1.64 bits per heavy atom. The van der Waals surface area contributed by atoms with Crippen molar-refractivity contribution in [3.63, 3.8) is 0 Å². The summed E-state index contributed by atoms with van der Waals surface area (Å²) in [5.41, 5.74) is 2.50. The van der Waals surface area contributed by atoms with E-state index in [1.807, 2.05) is 24.7 Å². The molecule has 1 aromatic carbocycles. The molecule has 1 unspecified atom stereocenters. The first-order chi connectivity index (χ1) is 13.6. The van der Waals surface area contributed by atoms with E-state index in [9.17, 15) is 0 Å². The minimum absolute atomic E-state index is 0.401. The first-order valence-electron chi connectivity index (χ1n) is 9.95. The molecule has 1 saturated heterocycles. The minimum Gasteiger partial charge on any atom is -0.341 e. The van der Waals surface area contributed by atoms with Gasteiger partial charge >= 0.3 is 0 Å². The largest absolute Gasteiger partial charge is 0.341 e. The Labute approximate surface area is 166 Å². The fraction of sp³-hybridized carbons (Fsp3) is 0.409. The molecular weight excluding hydrogens is 348 g/mol. The van der Waals surface area contributed by atoms with Crippen molar-refractivity contribution in [2.24, 2.45) is 0 Å². The van der Waals surface area contributed by atoms with Gasteiger partial charge in [-0.2, -0.15) is 0 Å². The fourth-order valence-corrected chi connectivity index (χ4v) is 3.84. The van der Waals surface area contributed by atoms with Crippen molar-refractivity contribution in [2.75, 3.05) is 32.1 Å². The topological polar surface area (TPSA) is 50.1 Å². The molecule has 6 heteroatoms. The summed E-state index contributed by atoms with van der Waals surface area (Å²) in [6.07, 6.45) is 9.78. The van der Waals surface area contributed by atoms with Crippen LogP contribution in [-0.2, 0) is 0 Å². The van der Waals surface area contributed by atoms with Gasteiger partial charge in [-0.05, 0) is 45.5 Å². The molecule has 0 aliphatic carbocycles. The minimum atomic E-state index is 0.401. The third kappa shape index (κ3) is 3.78. The van der Waals surface area contributed by atoms with E-state index in [2.05, 4.69) is 80.8 Å². The monoisotopic (exact) mass is 376 g/mol. The highest BCUT2D eigenvalue weighted by atomic mass is 15.3. The van der Waals surface area contributed by atoms with E-state index in [-0.39, 0.29) is 0 Å². The van der Waals surface area contributed by atoms with E-state index < -0.39 is 0 Å². The molecule has 1 aliphatic heterocycles. The average Bonchev–Trinajstić information content (AvgIpc) is 3.24. The van der Waals surface area contributed by atoms with E-state index in [0.29, 0.717) is 12.1 Å². The van der Waals surface area contributed by atoms with Gasteiger partial charge in [0.05, 0.1) is 0 Å². The standard InChI is InChI=1S/C22H28N6/c1-17(26(2)3)18-5-7-19(8-6-18)21-23-13-16-28(21)20-9-14-27(15-10-20)22-24-11-4-12-25-22/h4-8,11-13,16-17,20H,9-10,14-15H2,1-3H3. The van der Waals surface area contributed by atoms with Crippen molar-refractivity contribution >= 4 is 5.95 Å².